The van der Waals surface area contributed by atoms with Gasteiger partial charge in [0, 0.05) is 34.5 Å². The first-order valence-electron chi connectivity index (χ1n) is 7.77. The molecule has 0 aliphatic rings. The Morgan fingerprint density at radius 1 is 1.04 bits per heavy atom. The number of rotatable bonds is 3. The van der Waals surface area contributed by atoms with Gasteiger partial charge in [-0.2, -0.15) is 0 Å². The van der Waals surface area contributed by atoms with Crippen LogP contribution in [0.4, 0.5) is 4.39 Å². The highest BCUT2D eigenvalue weighted by Gasteiger charge is 2.13. The lowest BCUT2D eigenvalue weighted by molar-refractivity contribution is 0.416. The molecule has 25 heavy (non-hydrogen) atoms. The Labute approximate surface area is 143 Å². The van der Waals surface area contributed by atoms with E-state index in [1.807, 2.05) is 36.5 Å². The molecule has 0 saturated heterocycles. The van der Waals surface area contributed by atoms with Crippen molar-refractivity contribution in [2.75, 3.05) is 7.11 Å². The van der Waals surface area contributed by atoms with Crippen LogP contribution < -0.4 is 4.74 Å². The average molecular weight is 334 g/mol. The molecule has 2 aromatic carbocycles. The fourth-order valence-electron chi connectivity index (χ4n) is 2.94. The van der Waals surface area contributed by atoms with E-state index >= 15 is 0 Å². The van der Waals surface area contributed by atoms with Crippen LogP contribution >= 0.6 is 0 Å². The Hall–Kier alpha value is -3.34. The van der Waals surface area contributed by atoms with Gasteiger partial charge in [-0.15, -0.1) is 0 Å². The molecule has 0 spiro atoms. The number of aromatic amines is 1. The number of ether oxygens (including phenoxy) is 1. The van der Waals surface area contributed by atoms with Crippen LogP contribution in [0.25, 0.3) is 33.3 Å². The van der Waals surface area contributed by atoms with Gasteiger partial charge in [-0.25, -0.2) is 9.37 Å². The number of nitrogens with zero attached hydrogens (tertiary/aromatic N) is 1. The second kappa shape index (κ2) is 5.94. The quantitative estimate of drug-likeness (QED) is 0.568. The zero-order chi connectivity index (χ0) is 17.4. The Morgan fingerprint density at radius 2 is 1.88 bits per heavy atom. The number of aromatic hydroxyl groups is 1. The van der Waals surface area contributed by atoms with Crippen LogP contribution in [0.5, 0.6) is 11.5 Å². The summed E-state index contributed by atoms with van der Waals surface area (Å²) >= 11 is 0. The van der Waals surface area contributed by atoms with E-state index in [-0.39, 0.29) is 5.75 Å². The number of phenols is 1. The molecule has 5 heteroatoms. The van der Waals surface area contributed by atoms with Gasteiger partial charge in [-0.3, -0.25) is 0 Å². The number of pyridine rings is 1. The van der Waals surface area contributed by atoms with E-state index < -0.39 is 5.82 Å². The highest BCUT2D eigenvalue weighted by molar-refractivity contribution is 5.97. The maximum Gasteiger partial charge on any atom is 0.165 e. The first-order chi connectivity index (χ1) is 12.2. The van der Waals surface area contributed by atoms with Gasteiger partial charge in [0.2, 0.25) is 0 Å². The molecule has 0 bridgehead atoms. The highest BCUT2D eigenvalue weighted by atomic mass is 19.1. The first-order valence-corrected chi connectivity index (χ1v) is 7.77. The molecule has 0 fully saturated rings. The number of H-pyrrole nitrogens is 1. The number of hydrogen-bond acceptors (Lipinski definition) is 3. The summed E-state index contributed by atoms with van der Waals surface area (Å²) in [4.78, 5) is 7.59. The van der Waals surface area contributed by atoms with E-state index in [0.29, 0.717) is 5.56 Å². The minimum absolute atomic E-state index is 0.367. The molecule has 0 saturated carbocycles. The predicted molar refractivity (Wildman–Crippen MR) is 95.1 cm³/mol. The summed E-state index contributed by atoms with van der Waals surface area (Å²) in [5, 5.41) is 10.3. The molecule has 0 aliphatic heterocycles. The Morgan fingerprint density at radius 3 is 2.68 bits per heavy atom. The van der Waals surface area contributed by atoms with Gasteiger partial charge in [0.15, 0.2) is 11.6 Å². The summed E-state index contributed by atoms with van der Waals surface area (Å²) < 4.78 is 19.1. The lowest BCUT2D eigenvalue weighted by atomic mass is 10.0. The number of para-hydroxylation sites is 1. The fraction of sp³-hybridized carbons (Fsp3) is 0.0500. The number of nitrogens with one attached hydrogen (secondary N) is 1. The predicted octanol–water partition coefficient (Wildman–Crippen LogP) is 4.75. The van der Waals surface area contributed by atoms with Crippen molar-refractivity contribution < 1.29 is 14.2 Å². The van der Waals surface area contributed by atoms with Gasteiger partial charge in [-0.1, -0.05) is 24.3 Å². The third-order valence-electron chi connectivity index (χ3n) is 4.21. The average Bonchev–Trinajstić information content (AvgIpc) is 3.07. The lowest BCUT2D eigenvalue weighted by Crippen LogP contribution is -1.87. The molecule has 2 aromatic heterocycles. The van der Waals surface area contributed by atoms with E-state index in [0.717, 1.165) is 33.5 Å². The number of aromatic nitrogens is 2. The molecule has 4 rings (SSSR count). The third kappa shape index (κ3) is 2.59. The minimum atomic E-state index is -0.656. The van der Waals surface area contributed by atoms with Crippen molar-refractivity contribution in [2.45, 2.75) is 0 Å². The monoisotopic (exact) mass is 334 g/mol. The van der Waals surface area contributed by atoms with Crippen molar-refractivity contribution in [1.29, 1.82) is 0 Å². The van der Waals surface area contributed by atoms with Crippen LogP contribution in [0, 0.1) is 5.82 Å². The second-order valence-corrected chi connectivity index (χ2v) is 5.69. The van der Waals surface area contributed by atoms with E-state index in [4.69, 9.17) is 4.74 Å². The minimum Gasteiger partial charge on any atom is -0.505 e. The fourth-order valence-corrected chi connectivity index (χ4v) is 2.94. The third-order valence-corrected chi connectivity index (χ3v) is 4.21. The van der Waals surface area contributed by atoms with E-state index in [1.54, 1.807) is 19.4 Å². The van der Waals surface area contributed by atoms with E-state index in [1.165, 1.54) is 12.1 Å². The standard InChI is InChI=1S/C20H15FN2O2/c1-25-19-5-3-2-4-14(19)16-11-23-20-15(16)8-13(10-22-20)12-6-7-18(24)17(21)9-12/h2-11,24H,1H3,(H,22,23). The van der Waals surface area contributed by atoms with Gasteiger partial charge in [-0.05, 0) is 29.8 Å². The van der Waals surface area contributed by atoms with Crippen LogP contribution in [-0.4, -0.2) is 22.2 Å². The summed E-state index contributed by atoms with van der Waals surface area (Å²) in [6.07, 6.45) is 3.56. The molecular formula is C20H15FN2O2. The van der Waals surface area contributed by atoms with Crippen LogP contribution in [0.1, 0.15) is 0 Å². The molecule has 124 valence electrons. The Kier molecular flexibility index (Phi) is 3.61. The van der Waals surface area contributed by atoms with Crippen molar-refractivity contribution in [2.24, 2.45) is 0 Å². The van der Waals surface area contributed by atoms with Crippen LogP contribution in [0.15, 0.2) is 60.9 Å². The van der Waals surface area contributed by atoms with Gasteiger partial charge >= 0.3 is 0 Å². The number of phenolic OH excluding ortho intramolecular Hbond substituents is 1. The van der Waals surface area contributed by atoms with Crippen LogP contribution in [-0.2, 0) is 0 Å². The first kappa shape index (κ1) is 15.2. The van der Waals surface area contributed by atoms with Gasteiger partial charge < -0.3 is 14.8 Å². The van der Waals surface area contributed by atoms with Crippen molar-refractivity contribution in [3.05, 3.63) is 66.7 Å². The van der Waals surface area contributed by atoms with Crippen LogP contribution in [0.2, 0.25) is 0 Å². The SMILES string of the molecule is COc1ccccc1-c1c[nH]c2ncc(-c3ccc(O)c(F)c3)cc12. The molecular weight excluding hydrogens is 319 g/mol. The lowest BCUT2D eigenvalue weighted by Gasteiger charge is -2.08. The summed E-state index contributed by atoms with van der Waals surface area (Å²) in [6.45, 7) is 0. The molecule has 0 amide bonds. The number of methoxy groups -OCH3 is 1. The van der Waals surface area contributed by atoms with Crippen LogP contribution in [0.3, 0.4) is 0 Å². The topological polar surface area (TPSA) is 58.1 Å². The number of fused-ring (bicyclic) bond motifs is 1. The number of benzene rings is 2. The summed E-state index contributed by atoms with van der Waals surface area (Å²) in [7, 11) is 1.64. The summed E-state index contributed by atoms with van der Waals surface area (Å²) in [5.41, 5.74) is 4.07. The van der Waals surface area contributed by atoms with Gasteiger partial charge in [0.1, 0.15) is 11.4 Å². The van der Waals surface area contributed by atoms with E-state index in [2.05, 4.69) is 9.97 Å². The van der Waals surface area contributed by atoms with Crippen molar-refractivity contribution in [1.82, 2.24) is 9.97 Å². The zero-order valence-electron chi connectivity index (χ0n) is 13.5. The highest BCUT2D eigenvalue weighted by Crippen LogP contribution is 2.36. The summed E-state index contributed by atoms with van der Waals surface area (Å²) in [6, 6.07) is 14.0. The molecule has 2 heterocycles. The zero-order valence-corrected chi connectivity index (χ0v) is 13.5. The van der Waals surface area contributed by atoms with Crippen molar-refractivity contribution in [3.63, 3.8) is 0 Å². The second-order valence-electron chi connectivity index (χ2n) is 5.69. The maximum atomic E-state index is 13.7. The summed E-state index contributed by atoms with van der Waals surface area (Å²) in [5.74, 6) is -0.254. The number of hydrogen-bond donors (Lipinski definition) is 2. The molecule has 4 aromatic rings. The normalized spacial score (nSPS) is 11.0. The van der Waals surface area contributed by atoms with E-state index in [9.17, 15) is 9.50 Å². The smallest absolute Gasteiger partial charge is 0.165 e. The molecule has 4 nitrogen and oxygen atoms in total. The Bertz CT molecular complexity index is 1070. The molecule has 2 N–H and O–H groups in total. The van der Waals surface area contributed by atoms with Crippen molar-refractivity contribution >= 4 is 11.0 Å². The molecule has 0 radical (unpaired) electrons. The Balaban J connectivity index is 1.89. The molecule has 0 atom stereocenters. The molecule has 0 unspecified atom stereocenters. The number of halogens is 1. The van der Waals surface area contributed by atoms with Gasteiger partial charge in [0.05, 0.1) is 7.11 Å². The molecule has 0 aliphatic carbocycles. The largest absolute Gasteiger partial charge is 0.505 e. The van der Waals surface area contributed by atoms with Crippen molar-refractivity contribution in [3.8, 4) is 33.8 Å². The van der Waals surface area contributed by atoms with Gasteiger partial charge in [0.25, 0.3) is 0 Å². The maximum absolute atomic E-state index is 13.7.